The number of nitrogens with zero attached hydrogens (tertiary/aromatic N) is 2. The van der Waals surface area contributed by atoms with Crippen molar-refractivity contribution in [3.8, 4) is 0 Å². The van der Waals surface area contributed by atoms with Crippen molar-refractivity contribution in [2.75, 3.05) is 5.75 Å². The summed E-state index contributed by atoms with van der Waals surface area (Å²) >= 11 is 3.61. The highest BCUT2D eigenvalue weighted by Crippen LogP contribution is 2.44. The van der Waals surface area contributed by atoms with Gasteiger partial charge in [0.15, 0.2) is 0 Å². The summed E-state index contributed by atoms with van der Waals surface area (Å²) in [5, 5.41) is 6.46. The van der Waals surface area contributed by atoms with Gasteiger partial charge in [0.1, 0.15) is 5.37 Å². The topological polar surface area (TPSA) is 32.7 Å². The van der Waals surface area contributed by atoms with Crippen molar-refractivity contribution in [2.24, 2.45) is 11.0 Å². The summed E-state index contributed by atoms with van der Waals surface area (Å²) in [6.45, 7) is 5.80. The van der Waals surface area contributed by atoms with Gasteiger partial charge in [-0.1, -0.05) is 41.1 Å². The lowest BCUT2D eigenvalue weighted by atomic mass is 9.97. The van der Waals surface area contributed by atoms with Crippen LogP contribution in [-0.4, -0.2) is 27.8 Å². The van der Waals surface area contributed by atoms with E-state index in [2.05, 4.69) is 56.3 Å². The number of carbonyl (C=O) groups excluding carboxylic acids is 1. The van der Waals surface area contributed by atoms with Crippen molar-refractivity contribution >= 4 is 35.1 Å². The number of thioether (sulfide) groups is 2. The Kier molecular flexibility index (Phi) is 4.38. The third-order valence-corrected chi connectivity index (χ3v) is 7.09. The van der Waals surface area contributed by atoms with Gasteiger partial charge >= 0.3 is 0 Å². The van der Waals surface area contributed by atoms with Crippen LogP contribution in [0.3, 0.4) is 0 Å². The fourth-order valence-electron chi connectivity index (χ4n) is 3.25. The molecule has 0 saturated heterocycles. The minimum atomic E-state index is 0.00529. The molecule has 3 nitrogen and oxygen atoms in total. The largest absolute Gasteiger partial charge is 0.273 e. The Morgan fingerprint density at radius 3 is 2.60 bits per heavy atom. The molecular weight excluding hydrogens is 348 g/mol. The first-order chi connectivity index (χ1) is 12.0. The van der Waals surface area contributed by atoms with E-state index in [9.17, 15) is 4.79 Å². The van der Waals surface area contributed by atoms with Crippen LogP contribution in [0.4, 0.5) is 0 Å². The van der Waals surface area contributed by atoms with Crippen molar-refractivity contribution in [3.63, 3.8) is 0 Å². The number of rotatable bonds is 2. The van der Waals surface area contributed by atoms with E-state index in [1.807, 2.05) is 11.8 Å². The first-order valence-corrected chi connectivity index (χ1v) is 10.2. The minimum absolute atomic E-state index is 0.00529. The summed E-state index contributed by atoms with van der Waals surface area (Å²) in [5.74, 6) is 1.22. The normalized spacial score (nSPS) is 21.6. The molecule has 128 valence electrons. The molecule has 2 aromatic rings. The molecule has 0 radical (unpaired) electrons. The zero-order valence-electron chi connectivity index (χ0n) is 14.5. The molecule has 0 spiro atoms. The quantitative estimate of drug-likeness (QED) is 0.769. The predicted octanol–water partition coefficient (Wildman–Crippen LogP) is 4.71. The molecule has 0 N–H and O–H groups in total. The second-order valence-corrected chi connectivity index (χ2v) is 8.84. The van der Waals surface area contributed by atoms with Crippen molar-refractivity contribution in [1.29, 1.82) is 0 Å². The Morgan fingerprint density at radius 1 is 1.16 bits per heavy atom. The van der Waals surface area contributed by atoms with Crippen LogP contribution >= 0.6 is 23.5 Å². The first kappa shape index (κ1) is 16.7. The third-order valence-electron chi connectivity index (χ3n) is 4.58. The molecule has 2 aromatic carbocycles. The lowest BCUT2D eigenvalue weighted by molar-refractivity contribution is -0.129. The molecular formula is C20H20N2OS2. The zero-order chi connectivity index (χ0) is 17.6. The molecule has 2 heterocycles. The van der Waals surface area contributed by atoms with E-state index in [0.29, 0.717) is 0 Å². The molecule has 1 amide bonds. The monoisotopic (exact) mass is 368 g/mol. The van der Waals surface area contributed by atoms with Gasteiger partial charge in [-0.25, -0.2) is 5.01 Å². The van der Waals surface area contributed by atoms with Crippen LogP contribution in [0.25, 0.3) is 0 Å². The molecule has 0 fully saturated rings. The van der Waals surface area contributed by atoms with E-state index in [1.165, 1.54) is 26.5 Å². The number of hydrazone groups is 1. The van der Waals surface area contributed by atoms with E-state index in [1.54, 1.807) is 23.7 Å². The van der Waals surface area contributed by atoms with E-state index in [0.717, 1.165) is 11.5 Å². The van der Waals surface area contributed by atoms with E-state index >= 15 is 0 Å². The van der Waals surface area contributed by atoms with Gasteiger partial charge < -0.3 is 0 Å². The number of hydrogen-bond donors (Lipinski definition) is 0. The summed E-state index contributed by atoms with van der Waals surface area (Å²) in [6, 6.07) is 15.0. The fraction of sp³-hybridized carbons (Fsp3) is 0.300. The van der Waals surface area contributed by atoms with Gasteiger partial charge in [-0.15, -0.1) is 11.8 Å². The maximum atomic E-state index is 12.2. The van der Waals surface area contributed by atoms with Gasteiger partial charge in [0, 0.05) is 33.9 Å². The molecule has 2 aliphatic heterocycles. The lowest BCUT2D eigenvalue weighted by Gasteiger charge is -2.28. The van der Waals surface area contributed by atoms with Gasteiger partial charge in [-0.05, 0) is 38.1 Å². The Labute approximate surface area is 156 Å². The predicted molar refractivity (Wildman–Crippen MR) is 105 cm³/mol. The van der Waals surface area contributed by atoms with Crippen molar-refractivity contribution in [3.05, 3.63) is 59.2 Å². The van der Waals surface area contributed by atoms with E-state index in [-0.39, 0.29) is 17.2 Å². The number of aryl methyl sites for hydroxylation is 2. The van der Waals surface area contributed by atoms with Crippen molar-refractivity contribution < 1.29 is 4.79 Å². The molecule has 0 aromatic heterocycles. The maximum absolute atomic E-state index is 12.2. The highest BCUT2D eigenvalue weighted by molar-refractivity contribution is 8.00. The Bertz CT molecular complexity index is 860. The Balaban J connectivity index is 1.70. The van der Waals surface area contributed by atoms with Crippen LogP contribution in [0.15, 0.2) is 57.4 Å². The number of fused-ring (bicyclic) bond motifs is 3. The van der Waals surface area contributed by atoms with Crippen LogP contribution in [0.2, 0.25) is 0 Å². The number of amides is 1. The van der Waals surface area contributed by atoms with Crippen LogP contribution in [0.1, 0.15) is 23.6 Å². The molecule has 2 atom stereocenters. The number of hydrogen-bond acceptors (Lipinski definition) is 4. The molecule has 0 aliphatic carbocycles. The minimum Gasteiger partial charge on any atom is -0.273 e. The van der Waals surface area contributed by atoms with E-state index in [4.69, 9.17) is 5.10 Å². The Hall–Kier alpha value is -1.72. The maximum Gasteiger partial charge on any atom is 0.240 e. The van der Waals surface area contributed by atoms with Crippen molar-refractivity contribution in [1.82, 2.24) is 5.01 Å². The lowest BCUT2D eigenvalue weighted by Crippen LogP contribution is -2.35. The van der Waals surface area contributed by atoms with E-state index < -0.39 is 0 Å². The molecule has 0 saturated carbocycles. The Morgan fingerprint density at radius 2 is 1.88 bits per heavy atom. The fourth-order valence-corrected chi connectivity index (χ4v) is 5.82. The molecule has 4 rings (SSSR count). The average molecular weight is 369 g/mol. The second kappa shape index (κ2) is 6.54. The van der Waals surface area contributed by atoms with Gasteiger partial charge in [-0.3, -0.25) is 4.79 Å². The van der Waals surface area contributed by atoms with Gasteiger partial charge in [0.25, 0.3) is 0 Å². The number of benzene rings is 2. The zero-order valence-corrected chi connectivity index (χ0v) is 16.2. The third kappa shape index (κ3) is 3.11. The molecule has 0 unspecified atom stereocenters. The summed E-state index contributed by atoms with van der Waals surface area (Å²) in [5.41, 5.74) is 4.73. The first-order valence-electron chi connectivity index (χ1n) is 8.38. The summed E-state index contributed by atoms with van der Waals surface area (Å²) in [7, 11) is 0. The van der Waals surface area contributed by atoms with Crippen LogP contribution in [0.5, 0.6) is 0 Å². The average Bonchev–Trinajstić information content (AvgIpc) is 2.96. The molecule has 2 aliphatic rings. The standard InChI is InChI=1S/C20H20N2OS2/c1-12-4-7-15(8-5-12)25-20-17-11-24-18-9-6-13(2)10-16(18)19(17)21-22(20)14(3)23/h4-10,17,20H,11H2,1-3H3/t17-,20-/m0/s1. The van der Waals surface area contributed by atoms with Crippen LogP contribution in [-0.2, 0) is 4.79 Å². The molecule has 0 bridgehead atoms. The highest BCUT2D eigenvalue weighted by Gasteiger charge is 2.43. The SMILES string of the molecule is CC(=O)N1N=C2c3cc(C)ccc3SC[C@@H]2[C@@H]1Sc1ccc(C)cc1. The molecule has 5 heteroatoms. The van der Waals surface area contributed by atoms with Crippen LogP contribution < -0.4 is 0 Å². The van der Waals surface area contributed by atoms with Gasteiger partial charge in [-0.2, -0.15) is 5.10 Å². The highest BCUT2D eigenvalue weighted by atomic mass is 32.2. The second-order valence-electron chi connectivity index (χ2n) is 6.59. The summed E-state index contributed by atoms with van der Waals surface area (Å²) < 4.78 is 0. The summed E-state index contributed by atoms with van der Waals surface area (Å²) in [6.07, 6.45) is 0. The van der Waals surface area contributed by atoms with Crippen molar-refractivity contribution in [2.45, 2.75) is 35.9 Å². The molecule has 25 heavy (non-hydrogen) atoms. The van der Waals surface area contributed by atoms with Crippen LogP contribution in [0, 0.1) is 19.8 Å². The smallest absolute Gasteiger partial charge is 0.240 e. The van der Waals surface area contributed by atoms with Gasteiger partial charge in [0.05, 0.1) is 5.71 Å². The van der Waals surface area contributed by atoms with Gasteiger partial charge in [0.2, 0.25) is 5.91 Å². The summed E-state index contributed by atoms with van der Waals surface area (Å²) in [4.78, 5) is 14.7. The number of carbonyl (C=O) groups is 1.